The highest BCUT2D eigenvalue weighted by atomic mass is 32.2. The molecule has 4 amide bonds. The lowest BCUT2D eigenvalue weighted by molar-refractivity contribution is -0.132. The summed E-state index contributed by atoms with van der Waals surface area (Å²) in [5, 5.41) is 9.15. The van der Waals surface area contributed by atoms with Crippen LogP contribution in [0.1, 0.15) is 19.8 Å². The normalized spacial score (nSPS) is 21.7. The van der Waals surface area contributed by atoms with E-state index in [1.165, 1.54) is 41.8 Å². The topological polar surface area (TPSA) is 146 Å². The summed E-state index contributed by atoms with van der Waals surface area (Å²) in [5.41, 5.74) is 1.49. The van der Waals surface area contributed by atoms with Crippen LogP contribution in [0.15, 0.2) is 29.2 Å². The third kappa shape index (κ3) is 5.11. The summed E-state index contributed by atoms with van der Waals surface area (Å²) in [7, 11) is -2.65. The van der Waals surface area contributed by atoms with Crippen LogP contribution in [0.5, 0.6) is 5.75 Å². The number of hydroxylamine groups is 1. The summed E-state index contributed by atoms with van der Waals surface area (Å²) >= 11 is 0. The Labute approximate surface area is 192 Å². The second-order valence-corrected chi connectivity index (χ2v) is 9.63. The van der Waals surface area contributed by atoms with Crippen LogP contribution in [0.3, 0.4) is 0 Å². The third-order valence-corrected chi connectivity index (χ3v) is 7.45. The summed E-state index contributed by atoms with van der Waals surface area (Å²) in [6.45, 7) is 2.59. The first-order valence-corrected chi connectivity index (χ1v) is 12.0. The van der Waals surface area contributed by atoms with Gasteiger partial charge in [-0.1, -0.05) is 6.92 Å². The van der Waals surface area contributed by atoms with Crippen molar-refractivity contribution in [2.45, 2.75) is 36.7 Å². The average Bonchev–Trinajstić information content (AvgIpc) is 3.35. The standard InChI is InChI=1S/C20H28N4O8S/c1-3-8-22-13-18(25)24(20(22)27)14-11-17(19(26)21-28)23(12-14)33(29,30)16-6-4-15(5-7-16)32-10-9-31-2/h4-7,14,17,28H,3,8-13H2,1-2H3,(H,21,26)/t14-,17+/m0/s1. The van der Waals surface area contributed by atoms with Crippen molar-refractivity contribution >= 4 is 27.9 Å². The molecule has 0 aromatic heterocycles. The number of nitrogens with one attached hydrogen (secondary N) is 1. The number of ether oxygens (including phenoxy) is 2. The summed E-state index contributed by atoms with van der Waals surface area (Å²) in [4.78, 5) is 39.8. The van der Waals surface area contributed by atoms with E-state index in [0.717, 1.165) is 9.21 Å². The molecule has 0 aliphatic carbocycles. The van der Waals surface area contributed by atoms with Crippen molar-refractivity contribution in [2.24, 2.45) is 0 Å². The van der Waals surface area contributed by atoms with E-state index >= 15 is 0 Å². The van der Waals surface area contributed by atoms with Crippen LogP contribution >= 0.6 is 0 Å². The molecule has 12 nitrogen and oxygen atoms in total. The SMILES string of the molecule is CCCN1CC(=O)N([C@H]2C[C@H](C(=O)NO)N(S(=O)(=O)c3ccc(OCCOC)cc3)C2)C1=O. The van der Waals surface area contributed by atoms with Crippen LogP contribution in [-0.2, 0) is 24.3 Å². The molecule has 0 unspecified atom stereocenters. The lowest BCUT2D eigenvalue weighted by Gasteiger charge is -2.23. The zero-order valence-corrected chi connectivity index (χ0v) is 19.3. The summed E-state index contributed by atoms with van der Waals surface area (Å²) < 4.78 is 37.9. The molecule has 0 saturated carbocycles. The van der Waals surface area contributed by atoms with Gasteiger partial charge in [0, 0.05) is 20.2 Å². The van der Waals surface area contributed by atoms with Crippen molar-refractivity contribution in [3.8, 4) is 5.75 Å². The maximum absolute atomic E-state index is 13.3. The van der Waals surface area contributed by atoms with E-state index in [9.17, 15) is 22.8 Å². The van der Waals surface area contributed by atoms with E-state index < -0.39 is 40.0 Å². The molecule has 0 bridgehead atoms. The number of imide groups is 1. The Kier molecular flexibility index (Phi) is 7.89. The number of hydrogen-bond acceptors (Lipinski definition) is 8. The first kappa shape index (κ1) is 24.9. The molecule has 0 radical (unpaired) electrons. The maximum atomic E-state index is 13.3. The molecule has 1 aromatic carbocycles. The monoisotopic (exact) mass is 484 g/mol. The second kappa shape index (κ2) is 10.5. The fourth-order valence-electron chi connectivity index (χ4n) is 4.01. The molecule has 0 spiro atoms. The molecular weight excluding hydrogens is 456 g/mol. The Bertz CT molecular complexity index is 984. The molecule has 2 heterocycles. The van der Waals surface area contributed by atoms with Crippen LogP contribution in [0.2, 0.25) is 0 Å². The molecule has 2 aliphatic rings. The van der Waals surface area contributed by atoms with Gasteiger partial charge >= 0.3 is 6.03 Å². The van der Waals surface area contributed by atoms with E-state index in [-0.39, 0.29) is 24.4 Å². The molecular formula is C20H28N4O8S. The van der Waals surface area contributed by atoms with Crippen LogP contribution in [-0.4, -0.2) is 97.6 Å². The van der Waals surface area contributed by atoms with Gasteiger partial charge in [-0.15, -0.1) is 0 Å². The highest BCUT2D eigenvalue weighted by molar-refractivity contribution is 7.89. The van der Waals surface area contributed by atoms with Gasteiger partial charge in [0.15, 0.2) is 0 Å². The van der Waals surface area contributed by atoms with Crippen LogP contribution < -0.4 is 10.2 Å². The Morgan fingerprint density at radius 3 is 2.52 bits per heavy atom. The predicted octanol–water partition coefficient (Wildman–Crippen LogP) is 0.0230. The molecule has 33 heavy (non-hydrogen) atoms. The smallest absolute Gasteiger partial charge is 0.327 e. The van der Waals surface area contributed by atoms with Crippen molar-refractivity contribution in [1.82, 2.24) is 19.6 Å². The van der Waals surface area contributed by atoms with Crippen LogP contribution in [0, 0.1) is 0 Å². The second-order valence-electron chi connectivity index (χ2n) is 7.74. The lowest BCUT2D eigenvalue weighted by Crippen LogP contribution is -2.45. The van der Waals surface area contributed by atoms with Crippen molar-refractivity contribution < 1.29 is 37.5 Å². The average molecular weight is 485 g/mol. The number of sulfonamides is 1. The van der Waals surface area contributed by atoms with Crippen molar-refractivity contribution in [3.63, 3.8) is 0 Å². The number of hydrogen-bond donors (Lipinski definition) is 2. The number of amides is 4. The largest absolute Gasteiger partial charge is 0.491 e. The van der Waals surface area contributed by atoms with Gasteiger partial charge in [-0.2, -0.15) is 4.31 Å². The molecule has 2 fully saturated rings. The fraction of sp³-hybridized carbons (Fsp3) is 0.550. The van der Waals surface area contributed by atoms with Crippen molar-refractivity contribution in [1.29, 1.82) is 0 Å². The number of urea groups is 1. The number of rotatable bonds is 10. The van der Waals surface area contributed by atoms with Gasteiger partial charge in [-0.05, 0) is 37.1 Å². The zero-order chi connectivity index (χ0) is 24.2. The molecule has 2 aliphatic heterocycles. The Morgan fingerprint density at radius 2 is 1.91 bits per heavy atom. The van der Waals surface area contributed by atoms with Gasteiger partial charge in [0.25, 0.3) is 11.8 Å². The molecule has 182 valence electrons. The van der Waals surface area contributed by atoms with Gasteiger partial charge in [-0.3, -0.25) is 19.7 Å². The highest BCUT2D eigenvalue weighted by Crippen LogP contribution is 2.31. The van der Waals surface area contributed by atoms with Gasteiger partial charge in [0.2, 0.25) is 10.0 Å². The lowest BCUT2D eigenvalue weighted by atomic mass is 10.1. The van der Waals surface area contributed by atoms with E-state index in [1.807, 2.05) is 6.92 Å². The molecule has 2 atom stereocenters. The van der Waals surface area contributed by atoms with E-state index in [1.54, 1.807) is 0 Å². The first-order valence-electron chi connectivity index (χ1n) is 10.5. The first-order chi connectivity index (χ1) is 15.7. The Balaban J connectivity index is 1.83. The number of nitrogens with zero attached hydrogens (tertiary/aromatic N) is 3. The number of carbonyl (C=O) groups is 3. The van der Waals surface area contributed by atoms with Crippen LogP contribution in [0.4, 0.5) is 4.79 Å². The molecule has 2 saturated heterocycles. The van der Waals surface area contributed by atoms with E-state index in [4.69, 9.17) is 14.7 Å². The van der Waals surface area contributed by atoms with Crippen LogP contribution in [0.25, 0.3) is 0 Å². The van der Waals surface area contributed by atoms with E-state index in [2.05, 4.69) is 0 Å². The predicted molar refractivity (Wildman–Crippen MR) is 114 cm³/mol. The number of benzene rings is 1. The summed E-state index contributed by atoms with van der Waals surface area (Å²) in [5.74, 6) is -0.942. The molecule has 1 aromatic rings. The minimum atomic E-state index is -4.19. The third-order valence-electron chi connectivity index (χ3n) is 5.56. The Morgan fingerprint density at radius 1 is 1.21 bits per heavy atom. The maximum Gasteiger partial charge on any atom is 0.327 e. The minimum Gasteiger partial charge on any atom is -0.491 e. The van der Waals surface area contributed by atoms with Gasteiger partial charge in [0.1, 0.15) is 24.9 Å². The fourth-order valence-corrected chi connectivity index (χ4v) is 5.64. The highest BCUT2D eigenvalue weighted by Gasteiger charge is 2.50. The zero-order valence-electron chi connectivity index (χ0n) is 18.5. The van der Waals surface area contributed by atoms with Crippen molar-refractivity contribution in [2.75, 3.05) is 40.0 Å². The number of carbonyl (C=O) groups excluding carboxylic acids is 3. The van der Waals surface area contributed by atoms with Gasteiger partial charge in [-0.25, -0.2) is 18.7 Å². The van der Waals surface area contributed by atoms with E-state index in [0.29, 0.717) is 31.9 Å². The van der Waals surface area contributed by atoms with Crippen molar-refractivity contribution in [3.05, 3.63) is 24.3 Å². The van der Waals surface area contributed by atoms with Gasteiger partial charge in [0.05, 0.1) is 17.5 Å². The minimum absolute atomic E-state index is 0.0860. The number of methoxy groups -OCH3 is 1. The van der Waals surface area contributed by atoms with Gasteiger partial charge < -0.3 is 14.4 Å². The molecule has 3 rings (SSSR count). The summed E-state index contributed by atoms with van der Waals surface area (Å²) in [6.07, 6.45) is 0.542. The summed E-state index contributed by atoms with van der Waals surface area (Å²) in [6, 6.07) is 3.01. The Hall–Kier alpha value is -2.74. The molecule has 2 N–H and O–H groups in total. The molecule has 13 heteroatoms. The quantitative estimate of drug-likeness (QED) is 0.205.